The average molecular weight is 573 g/mol. The molecule has 0 aromatic heterocycles. The van der Waals surface area contributed by atoms with Crippen LogP contribution in [0, 0.1) is 11.8 Å². The van der Waals surface area contributed by atoms with Gasteiger partial charge in [0, 0.05) is 26.1 Å². The molecule has 1 heterocycles. The molecule has 0 bridgehead atoms. The van der Waals surface area contributed by atoms with Crippen molar-refractivity contribution in [3.05, 3.63) is 72.0 Å². The third kappa shape index (κ3) is 8.06. The molecule has 0 spiro atoms. The van der Waals surface area contributed by atoms with E-state index >= 15 is 0 Å². The van der Waals surface area contributed by atoms with E-state index in [0.717, 1.165) is 18.4 Å². The molecule has 1 aliphatic carbocycles. The molecule has 4 rings (SSSR count). The van der Waals surface area contributed by atoms with E-state index in [1.54, 1.807) is 12.1 Å². The van der Waals surface area contributed by atoms with Gasteiger partial charge >= 0.3 is 0 Å². The molecule has 0 unspecified atom stereocenters. The van der Waals surface area contributed by atoms with Crippen LogP contribution >= 0.6 is 0 Å². The summed E-state index contributed by atoms with van der Waals surface area (Å²) < 4.78 is 44.8. The number of benzene rings is 2. The van der Waals surface area contributed by atoms with Gasteiger partial charge in [0.15, 0.2) is 5.76 Å². The number of carbonyl (C=O) groups excluding carboxylic acids is 1. The smallest absolute Gasteiger partial charge is 0.286 e. The highest BCUT2D eigenvalue weighted by Gasteiger charge is 2.33. The molecule has 9 nitrogen and oxygen atoms in total. The Balaban J connectivity index is 1.40. The summed E-state index contributed by atoms with van der Waals surface area (Å²) in [6, 6.07) is 15.8. The second kappa shape index (κ2) is 14.6. The lowest BCUT2D eigenvalue weighted by molar-refractivity contribution is -0.151. The summed E-state index contributed by atoms with van der Waals surface area (Å²) in [5.41, 5.74) is 0.992. The quantitative estimate of drug-likeness (QED) is 0.375. The van der Waals surface area contributed by atoms with Crippen LogP contribution < -0.4 is 10.1 Å². The summed E-state index contributed by atoms with van der Waals surface area (Å²) in [4.78, 5) is 13.2. The van der Waals surface area contributed by atoms with E-state index in [9.17, 15) is 18.3 Å². The van der Waals surface area contributed by atoms with Gasteiger partial charge in [-0.2, -0.15) is 4.31 Å². The summed E-state index contributed by atoms with van der Waals surface area (Å²) in [6.07, 6.45) is 7.68. The second-order valence-electron chi connectivity index (χ2n) is 10.2. The van der Waals surface area contributed by atoms with E-state index in [1.165, 1.54) is 42.8 Å². The van der Waals surface area contributed by atoms with Gasteiger partial charge in [0.1, 0.15) is 5.75 Å². The van der Waals surface area contributed by atoms with E-state index in [2.05, 4.69) is 5.32 Å². The average Bonchev–Trinajstić information content (AvgIpc) is 3.00. The fourth-order valence-electron chi connectivity index (χ4n) is 5.35. The largest absolute Gasteiger partial charge is 0.497 e. The zero-order chi connectivity index (χ0) is 28.4. The molecular weight excluding hydrogens is 532 g/mol. The summed E-state index contributed by atoms with van der Waals surface area (Å²) in [7, 11) is -2.34. The van der Waals surface area contributed by atoms with Crippen LogP contribution in [0.1, 0.15) is 44.1 Å². The first kappa shape index (κ1) is 30.0. The zero-order valence-corrected chi connectivity index (χ0v) is 23.9. The van der Waals surface area contributed by atoms with E-state index in [0.29, 0.717) is 24.6 Å². The van der Waals surface area contributed by atoms with Gasteiger partial charge in [-0.3, -0.25) is 4.79 Å². The van der Waals surface area contributed by atoms with Crippen molar-refractivity contribution in [3.63, 3.8) is 0 Å². The highest BCUT2D eigenvalue weighted by Crippen LogP contribution is 2.37. The number of aliphatic hydroxyl groups excluding tert-OH is 1. The predicted octanol–water partition coefficient (Wildman–Crippen LogP) is 3.84. The fraction of sp³-hybridized carbons (Fsp3) is 0.500. The number of hydrogen-bond acceptors (Lipinski definition) is 7. The Labute approximate surface area is 237 Å². The number of methoxy groups -OCH3 is 1. The first-order valence-corrected chi connectivity index (χ1v) is 15.4. The number of sulfonamides is 1. The Bertz CT molecular complexity index is 1210. The Kier molecular flexibility index (Phi) is 11.0. The van der Waals surface area contributed by atoms with Crippen molar-refractivity contribution in [2.45, 2.75) is 56.3 Å². The molecule has 40 heavy (non-hydrogen) atoms. The maximum absolute atomic E-state index is 13.2. The zero-order valence-electron chi connectivity index (χ0n) is 23.0. The van der Waals surface area contributed by atoms with Crippen molar-refractivity contribution in [3.8, 4) is 5.75 Å². The Morgan fingerprint density at radius 2 is 1.77 bits per heavy atom. The minimum atomic E-state index is -3.86. The monoisotopic (exact) mass is 572 g/mol. The van der Waals surface area contributed by atoms with Gasteiger partial charge < -0.3 is 24.6 Å². The SMILES string of the molecule is COc1ccc(S(=O)(=O)N(CCO)CCO[C@H]2C[C@@H](C3CCCCC3)C=C(C(=O)NCc3ccccc3)O2)cc1. The Hall–Kier alpha value is -2.92. The molecular formula is C30H40N2O7S. The van der Waals surface area contributed by atoms with Gasteiger partial charge in [0.2, 0.25) is 16.3 Å². The number of nitrogens with zero attached hydrogens (tertiary/aromatic N) is 1. The van der Waals surface area contributed by atoms with Crippen LogP contribution in [-0.4, -0.2) is 63.4 Å². The van der Waals surface area contributed by atoms with Gasteiger partial charge in [0.05, 0.1) is 25.2 Å². The third-order valence-corrected chi connectivity index (χ3v) is 9.47. The molecule has 2 N–H and O–H groups in total. The van der Waals surface area contributed by atoms with Crippen molar-refractivity contribution >= 4 is 15.9 Å². The Morgan fingerprint density at radius 1 is 1.05 bits per heavy atom. The van der Waals surface area contributed by atoms with Crippen LogP contribution in [-0.2, 0) is 30.8 Å². The van der Waals surface area contributed by atoms with Crippen LogP contribution in [0.4, 0.5) is 0 Å². The molecule has 2 atom stereocenters. The fourth-order valence-corrected chi connectivity index (χ4v) is 6.76. The van der Waals surface area contributed by atoms with Gasteiger partial charge in [0.25, 0.3) is 5.91 Å². The lowest BCUT2D eigenvalue weighted by Crippen LogP contribution is -2.39. The molecule has 2 aliphatic rings. The molecule has 2 aromatic carbocycles. The summed E-state index contributed by atoms with van der Waals surface area (Å²) in [6.45, 7) is 0.0757. The molecule has 10 heteroatoms. The normalized spacial score (nSPS) is 20.0. The topological polar surface area (TPSA) is 114 Å². The molecule has 1 amide bonds. The van der Waals surface area contributed by atoms with Crippen molar-refractivity contribution < 1.29 is 32.5 Å². The van der Waals surface area contributed by atoms with Crippen LogP contribution in [0.15, 0.2) is 71.3 Å². The van der Waals surface area contributed by atoms with Gasteiger partial charge in [-0.25, -0.2) is 8.42 Å². The number of ether oxygens (including phenoxy) is 3. The van der Waals surface area contributed by atoms with E-state index in [1.807, 2.05) is 36.4 Å². The minimum Gasteiger partial charge on any atom is -0.497 e. The van der Waals surface area contributed by atoms with Crippen molar-refractivity contribution in [1.82, 2.24) is 9.62 Å². The number of rotatable bonds is 13. The van der Waals surface area contributed by atoms with Gasteiger partial charge in [-0.05, 0) is 60.6 Å². The Morgan fingerprint density at radius 3 is 2.45 bits per heavy atom. The number of aliphatic hydroxyl groups is 1. The van der Waals surface area contributed by atoms with Crippen LogP contribution in [0.2, 0.25) is 0 Å². The number of carbonyl (C=O) groups is 1. The lowest BCUT2D eigenvalue weighted by atomic mass is 9.77. The maximum atomic E-state index is 13.2. The van der Waals surface area contributed by atoms with Crippen molar-refractivity contribution in [2.75, 3.05) is 33.4 Å². The summed E-state index contributed by atoms with van der Waals surface area (Å²) in [5, 5.41) is 12.5. The molecule has 218 valence electrons. The molecule has 1 fully saturated rings. The second-order valence-corrected chi connectivity index (χ2v) is 12.2. The van der Waals surface area contributed by atoms with Crippen molar-refractivity contribution in [1.29, 1.82) is 0 Å². The molecule has 0 saturated heterocycles. The van der Waals surface area contributed by atoms with Crippen LogP contribution in [0.5, 0.6) is 5.75 Å². The highest BCUT2D eigenvalue weighted by atomic mass is 32.2. The first-order valence-electron chi connectivity index (χ1n) is 14.0. The van der Waals surface area contributed by atoms with E-state index < -0.39 is 16.3 Å². The molecule has 1 saturated carbocycles. The first-order chi connectivity index (χ1) is 19.4. The molecule has 2 aromatic rings. The van der Waals surface area contributed by atoms with Crippen molar-refractivity contribution in [2.24, 2.45) is 11.8 Å². The van der Waals surface area contributed by atoms with Gasteiger partial charge in [-0.15, -0.1) is 0 Å². The predicted molar refractivity (Wildman–Crippen MR) is 151 cm³/mol. The molecule has 0 radical (unpaired) electrons. The standard InChI is InChI=1S/C30H40N2O7S/c1-37-26-12-14-27(15-13-26)40(35,36)32(16-18-33)17-19-38-29-21-25(24-10-6-3-7-11-24)20-28(39-29)30(34)31-22-23-8-4-2-5-9-23/h2,4-5,8-9,12-15,20,24-25,29,33H,3,6-7,10-11,16-19,21-22H2,1H3,(H,31,34)/t25-,29+/m0/s1. The highest BCUT2D eigenvalue weighted by molar-refractivity contribution is 7.89. The van der Waals surface area contributed by atoms with Crippen LogP contribution in [0.25, 0.3) is 0 Å². The number of nitrogens with one attached hydrogen (secondary N) is 1. The molecule has 1 aliphatic heterocycles. The summed E-state index contributed by atoms with van der Waals surface area (Å²) >= 11 is 0. The van der Waals surface area contributed by atoms with E-state index in [-0.39, 0.29) is 48.8 Å². The number of allylic oxidation sites excluding steroid dienone is 1. The van der Waals surface area contributed by atoms with Gasteiger partial charge in [-0.1, -0.05) is 49.6 Å². The lowest BCUT2D eigenvalue weighted by Gasteiger charge is -2.35. The maximum Gasteiger partial charge on any atom is 0.286 e. The third-order valence-electron chi connectivity index (χ3n) is 7.55. The van der Waals surface area contributed by atoms with Crippen LogP contribution in [0.3, 0.4) is 0 Å². The number of amides is 1. The minimum absolute atomic E-state index is 0.0299. The number of hydrogen-bond donors (Lipinski definition) is 2. The summed E-state index contributed by atoms with van der Waals surface area (Å²) in [5.74, 6) is 1.12. The van der Waals surface area contributed by atoms with E-state index in [4.69, 9.17) is 14.2 Å².